The minimum absolute atomic E-state index is 0.0597. The fraction of sp³-hybridized carbons (Fsp3) is 0.375. The monoisotopic (exact) mass is 469 g/mol. The minimum Gasteiger partial charge on any atom is -0.467 e. The van der Waals surface area contributed by atoms with E-state index in [0.29, 0.717) is 16.4 Å². The summed E-state index contributed by atoms with van der Waals surface area (Å²) in [6.07, 6.45) is 8.13. The molecule has 3 aromatic rings. The van der Waals surface area contributed by atoms with Gasteiger partial charge in [0.05, 0.1) is 30.5 Å². The molecule has 2 N–H and O–H groups in total. The van der Waals surface area contributed by atoms with Crippen LogP contribution in [0.2, 0.25) is 0 Å². The third kappa shape index (κ3) is 5.92. The summed E-state index contributed by atoms with van der Waals surface area (Å²) in [5, 5.41) is 7.55. The second-order valence-corrected chi connectivity index (χ2v) is 8.97. The molecule has 1 saturated carbocycles. The van der Waals surface area contributed by atoms with Gasteiger partial charge in [0, 0.05) is 6.04 Å². The Kier molecular flexibility index (Phi) is 7.62. The highest BCUT2D eigenvalue weighted by atomic mass is 32.1. The molecule has 1 aliphatic rings. The first kappa shape index (κ1) is 22.8. The molecule has 1 fully saturated rings. The summed E-state index contributed by atoms with van der Waals surface area (Å²) >= 11 is 1.29. The number of amides is 3. The first-order chi connectivity index (χ1) is 16.1. The van der Waals surface area contributed by atoms with Crippen molar-refractivity contribution >= 4 is 29.1 Å². The molecule has 174 valence electrons. The maximum Gasteiger partial charge on any atom is 0.261 e. The van der Waals surface area contributed by atoms with Crippen molar-refractivity contribution in [2.45, 2.75) is 50.7 Å². The summed E-state index contributed by atoms with van der Waals surface area (Å²) in [5.74, 6) is -0.182. The van der Waals surface area contributed by atoms with Crippen molar-refractivity contribution in [1.29, 1.82) is 0 Å². The van der Waals surface area contributed by atoms with E-state index in [2.05, 4.69) is 10.6 Å². The second-order valence-electron chi connectivity index (χ2n) is 8.02. The molecule has 8 nitrogen and oxygen atoms in total. The minimum atomic E-state index is -0.988. The molecule has 0 radical (unpaired) electrons. The number of carbonyl (C=O) groups is 3. The van der Waals surface area contributed by atoms with Gasteiger partial charge in [-0.25, -0.2) is 0 Å². The van der Waals surface area contributed by atoms with E-state index in [1.54, 1.807) is 41.8 Å². The number of hydrogen-bond acceptors (Lipinski definition) is 6. The van der Waals surface area contributed by atoms with Gasteiger partial charge in [0.1, 0.15) is 11.5 Å². The number of hydrogen-bond donors (Lipinski definition) is 2. The SMILES string of the molecule is O=C(NCC(=O)N(Cc1ccco1)[C@H](C(=O)NC1CCCCC1)c1ccco1)c1cccs1. The van der Waals surface area contributed by atoms with Gasteiger partial charge in [-0.15, -0.1) is 11.3 Å². The van der Waals surface area contributed by atoms with Crippen LogP contribution < -0.4 is 10.6 Å². The van der Waals surface area contributed by atoms with E-state index in [9.17, 15) is 14.4 Å². The number of thiophene rings is 1. The van der Waals surface area contributed by atoms with Crippen molar-refractivity contribution in [2.24, 2.45) is 0 Å². The third-order valence-electron chi connectivity index (χ3n) is 5.70. The maximum atomic E-state index is 13.4. The van der Waals surface area contributed by atoms with E-state index >= 15 is 0 Å². The summed E-state index contributed by atoms with van der Waals surface area (Å²) in [6.45, 7) is -0.199. The van der Waals surface area contributed by atoms with Crippen molar-refractivity contribution in [3.8, 4) is 0 Å². The van der Waals surface area contributed by atoms with E-state index in [1.165, 1.54) is 35.2 Å². The van der Waals surface area contributed by atoms with Gasteiger partial charge in [-0.1, -0.05) is 25.3 Å². The topological polar surface area (TPSA) is 105 Å². The molecule has 1 atom stereocenters. The Labute approximate surface area is 195 Å². The normalized spacial score (nSPS) is 15.0. The zero-order valence-electron chi connectivity index (χ0n) is 18.2. The molecule has 33 heavy (non-hydrogen) atoms. The molecule has 3 aromatic heterocycles. The van der Waals surface area contributed by atoms with Crippen LogP contribution in [0.1, 0.15) is 59.3 Å². The van der Waals surface area contributed by atoms with E-state index in [-0.39, 0.29) is 30.9 Å². The summed E-state index contributed by atoms with van der Waals surface area (Å²) < 4.78 is 11.0. The first-order valence-corrected chi connectivity index (χ1v) is 12.0. The van der Waals surface area contributed by atoms with Crippen LogP contribution in [0, 0.1) is 0 Å². The van der Waals surface area contributed by atoms with Gasteiger partial charge < -0.3 is 24.4 Å². The Hall–Kier alpha value is -3.33. The molecule has 0 aromatic carbocycles. The summed E-state index contributed by atoms with van der Waals surface area (Å²) in [5.41, 5.74) is 0. The Balaban J connectivity index is 1.55. The third-order valence-corrected chi connectivity index (χ3v) is 6.56. The van der Waals surface area contributed by atoms with Gasteiger partial charge in [0.15, 0.2) is 6.04 Å². The number of carbonyl (C=O) groups excluding carboxylic acids is 3. The molecule has 4 rings (SSSR count). The van der Waals surface area contributed by atoms with Crippen LogP contribution >= 0.6 is 11.3 Å². The quantitative estimate of drug-likeness (QED) is 0.495. The van der Waals surface area contributed by atoms with Crippen LogP contribution in [-0.2, 0) is 16.1 Å². The molecule has 9 heteroatoms. The van der Waals surface area contributed by atoms with Crippen LogP contribution in [0.3, 0.4) is 0 Å². The molecule has 1 aliphatic carbocycles. The summed E-state index contributed by atoms with van der Waals surface area (Å²) in [7, 11) is 0. The van der Waals surface area contributed by atoms with Crippen LogP contribution in [-0.4, -0.2) is 35.2 Å². The molecule has 3 heterocycles. The van der Waals surface area contributed by atoms with E-state index in [1.807, 2.05) is 0 Å². The fourth-order valence-corrected chi connectivity index (χ4v) is 4.68. The lowest BCUT2D eigenvalue weighted by atomic mass is 9.95. The van der Waals surface area contributed by atoms with Gasteiger partial charge in [-0.05, 0) is 48.6 Å². The molecule has 0 unspecified atom stereocenters. The van der Waals surface area contributed by atoms with Crippen LogP contribution in [0.4, 0.5) is 0 Å². The Morgan fingerprint density at radius 3 is 2.48 bits per heavy atom. The lowest BCUT2D eigenvalue weighted by molar-refractivity contribution is -0.142. The van der Waals surface area contributed by atoms with Crippen molar-refractivity contribution < 1.29 is 23.2 Å². The average molecular weight is 470 g/mol. The Morgan fingerprint density at radius 1 is 1.03 bits per heavy atom. The van der Waals surface area contributed by atoms with Crippen LogP contribution in [0.25, 0.3) is 0 Å². The summed E-state index contributed by atoms with van der Waals surface area (Å²) in [4.78, 5) is 41.0. The van der Waals surface area contributed by atoms with Gasteiger partial charge in [-0.2, -0.15) is 0 Å². The predicted molar refractivity (Wildman–Crippen MR) is 122 cm³/mol. The number of rotatable bonds is 9. The highest BCUT2D eigenvalue weighted by Gasteiger charge is 2.35. The van der Waals surface area contributed by atoms with Crippen LogP contribution in [0.15, 0.2) is 63.1 Å². The van der Waals surface area contributed by atoms with E-state index in [4.69, 9.17) is 8.83 Å². The van der Waals surface area contributed by atoms with Crippen molar-refractivity contribution in [3.05, 3.63) is 70.7 Å². The van der Waals surface area contributed by atoms with Gasteiger partial charge in [-0.3, -0.25) is 14.4 Å². The van der Waals surface area contributed by atoms with Gasteiger partial charge >= 0.3 is 0 Å². The zero-order valence-corrected chi connectivity index (χ0v) is 19.0. The molecule has 0 spiro atoms. The molecule has 0 saturated heterocycles. The average Bonchev–Trinajstić information content (AvgIpc) is 3.61. The molecule has 0 aliphatic heterocycles. The smallest absolute Gasteiger partial charge is 0.261 e. The van der Waals surface area contributed by atoms with Crippen LogP contribution in [0.5, 0.6) is 0 Å². The predicted octanol–water partition coefficient (Wildman–Crippen LogP) is 3.88. The number of nitrogens with zero attached hydrogens (tertiary/aromatic N) is 1. The standard InChI is InChI=1S/C24H27N3O5S/c28-21(15-25-23(29)20-11-6-14-33-20)27(16-18-9-4-12-31-18)22(19-10-5-13-32-19)24(30)26-17-7-2-1-3-8-17/h4-6,9-14,17,22H,1-3,7-8,15-16H2,(H,25,29)(H,26,30)/t22-/m0/s1. The van der Waals surface area contributed by atoms with Gasteiger partial charge in [0.25, 0.3) is 11.8 Å². The molecule has 3 amide bonds. The fourth-order valence-electron chi connectivity index (χ4n) is 4.04. The highest BCUT2D eigenvalue weighted by molar-refractivity contribution is 7.12. The zero-order chi connectivity index (χ0) is 23.0. The van der Waals surface area contributed by atoms with Crippen molar-refractivity contribution in [2.75, 3.05) is 6.54 Å². The van der Waals surface area contributed by atoms with Crippen molar-refractivity contribution in [1.82, 2.24) is 15.5 Å². The second kappa shape index (κ2) is 11.0. The molecule has 0 bridgehead atoms. The van der Waals surface area contributed by atoms with Crippen molar-refractivity contribution in [3.63, 3.8) is 0 Å². The van der Waals surface area contributed by atoms with E-state index in [0.717, 1.165) is 25.7 Å². The first-order valence-electron chi connectivity index (χ1n) is 11.1. The molecular formula is C24H27N3O5S. The lowest BCUT2D eigenvalue weighted by Crippen LogP contribution is -2.49. The largest absolute Gasteiger partial charge is 0.467 e. The Morgan fingerprint density at radius 2 is 1.82 bits per heavy atom. The Bertz CT molecular complexity index is 1020. The summed E-state index contributed by atoms with van der Waals surface area (Å²) in [6, 6.07) is 9.37. The van der Waals surface area contributed by atoms with Gasteiger partial charge in [0.2, 0.25) is 5.91 Å². The maximum absolute atomic E-state index is 13.4. The lowest BCUT2D eigenvalue weighted by Gasteiger charge is -2.31. The highest BCUT2D eigenvalue weighted by Crippen LogP contribution is 2.26. The molecular weight excluding hydrogens is 442 g/mol. The number of nitrogens with one attached hydrogen (secondary N) is 2. The number of furan rings is 2. The van der Waals surface area contributed by atoms with E-state index < -0.39 is 11.9 Å².